The average molecular weight is 239 g/mol. The number of hydrogen-bond donors (Lipinski definition) is 1. The van der Waals surface area contributed by atoms with Crippen molar-refractivity contribution in [2.45, 2.75) is 6.92 Å². The Morgan fingerprint density at radius 2 is 1.71 bits per heavy atom. The Morgan fingerprint density at radius 3 is 2.29 bits per heavy atom. The largest absolute Gasteiger partial charge is 0.380 e. The molecule has 4 heteroatoms. The summed E-state index contributed by atoms with van der Waals surface area (Å²) in [6.07, 6.45) is 0. The smallest absolute Gasteiger partial charge is 0.143 e. The van der Waals surface area contributed by atoms with Gasteiger partial charge in [0.05, 0.1) is 13.2 Å². The van der Waals surface area contributed by atoms with Crippen LogP contribution in [0, 0.1) is 0 Å². The molecule has 0 amide bonds. The summed E-state index contributed by atoms with van der Waals surface area (Å²) in [5.74, 6) is 0. The van der Waals surface area contributed by atoms with Crippen LogP contribution in [-0.2, 0) is 9.47 Å². The zero-order chi connectivity index (χ0) is 12.3. The van der Waals surface area contributed by atoms with E-state index in [1.54, 1.807) is 0 Å². The lowest BCUT2D eigenvalue weighted by molar-refractivity contribution is 0.00191. The first-order valence-corrected chi connectivity index (χ1v) is 5.94. The Kier molecular flexibility index (Phi) is 7.38. The number of benzene rings is 1. The number of para-hydroxylation sites is 1. The molecule has 1 N–H and O–H groups in total. The molecule has 0 aromatic heterocycles. The minimum atomic E-state index is -0.228. The fourth-order valence-corrected chi connectivity index (χ4v) is 1.57. The molecule has 4 nitrogen and oxygen atoms in total. The number of nitrogens with zero attached hydrogens (tertiary/aromatic N) is 1. The molecule has 0 spiro atoms. The molecule has 0 radical (unpaired) electrons. The second-order valence-corrected chi connectivity index (χ2v) is 3.56. The number of ether oxygens (including phenoxy) is 2. The molecule has 0 heterocycles. The molecule has 0 saturated heterocycles. The van der Waals surface area contributed by atoms with Crippen molar-refractivity contribution in [1.29, 1.82) is 0 Å². The Morgan fingerprint density at radius 1 is 1.06 bits per heavy atom. The zero-order valence-corrected chi connectivity index (χ0v) is 10.3. The van der Waals surface area contributed by atoms with Gasteiger partial charge in [0.15, 0.2) is 0 Å². The zero-order valence-electron chi connectivity index (χ0n) is 10.3. The first-order valence-electron chi connectivity index (χ1n) is 5.94. The highest BCUT2D eigenvalue weighted by atomic mass is 16.6. The Bertz CT molecular complexity index is 269. The van der Waals surface area contributed by atoms with Crippen molar-refractivity contribution in [3.8, 4) is 0 Å². The van der Waals surface area contributed by atoms with Crippen LogP contribution >= 0.6 is 0 Å². The maximum atomic E-state index is 8.60. The summed E-state index contributed by atoms with van der Waals surface area (Å²) in [5, 5.41) is 8.60. The summed E-state index contributed by atoms with van der Waals surface area (Å²) in [6, 6.07) is 10.1. The molecular weight excluding hydrogens is 218 g/mol. The van der Waals surface area contributed by atoms with E-state index < -0.39 is 0 Å². The van der Waals surface area contributed by atoms with Crippen LogP contribution in [0.2, 0.25) is 0 Å². The van der Waals surface area contributed by atoms with Crippen molar-refractivity contribution >= 4 is 5.69 Å². The Balaban J connectivity index is 2.46. The van der Waals surface area contributed by atoms with Crippen molar-refractivity contribution in [2.24, 2.45) is 0 Å². The third kappa shape index (κ3) is 5.68. The molecule has 0 aliphatic carbocycles. The van der Waals surface area contributed by atoms with Crippen molar-refractivity contribution in [3.05, 3.63) is 30.3 Å². The minimum absolute atomic E-state index is 0.228. The molecule has 0 bridgehead atoms. The van der Waals surface area contributed by atoms with Crippen LogP contribution in [0.4, 0.5) is 5.69 Å². The molecule has 1 aromatic carbocycles. The van der Waals surface area contributed by atoms with Gasteiger partial charge < -0.3 is 19.5 Å². The molecule has 0 aliphatic rings. The lowest BCUT2D eigenvalue weighted by Gasteiger charge is -2.24. The lowest BCUT2D eigenvalue weighted by atomic mass is 10.3. The van der Waals surface area contributed by atoms with Crippen LogP contribution in [0.25, 0.3) is 0 Å². The fourth-order valence-electron chi connectivity index (χ4n) is 1.57. The topological polar surface area (TPSA) is 41.9 Å². The summed E-state index contributed by atoms with van der Waals surface area (Å²) in [6.45, 7) is 5.28. The molecule has 0 saturated carbocycles. The van der Waals surface area contributed by atoms with Gasteiger partial charge in [-0.3, -0.25) is 0 Å². The van der Waals surface area contributed by atoms with E-state index in [4.69, 9.17) is 14.6 Å². The van der Waals surface area contributed by atoms with Gasteiger partial charge in [-0.15, -0.1) is 0 Å². The third-order valence-corrected chi connectivity index (χ3v) is 2.43. The van der Waals surface area contributed by atoms with E-state index >= 15 is 0 Å². The van der Waals surface area contributed by atoms with Crippen LogP contribution in [0.15, 0.2) is 30.3 Å². The SMILES string of the molecule is CCOCCN(CCOCO)c1ccccc1. The molecule has 1 aromatic rings. The third-order valence-electron chi connectivity index (χ3n) is 2.43. The summed E-state index contributed by atoms with van der Waals surface area (Å²) >= 11 is 0. The van der Waals surface area contributed by atoms with Crippen molar-refractivity contribution in [3.63, 3.8) is 0 Å². The van der Waals surface area contributed by atoms with Gasteiger partial charge in [-0.25, -0.2) is 0 Å². The number of aliphatic hydroxyl groups is 1. The van der Waals surface area contributed by atoms with Crippen molar-refractivity contribution in [1.82, 2.24) is 0 Å². The Labute approximate surface area is 103 Å². The highest BCUT2D eigenvalue weighted by Crippen LogP contribution is 2.12. The second kappa shape index (κ2) is 8.98. The van der Waals surface area contributed by atoms with Crippen LogP contribution in [0.1, 0.15) is 6.92 Å². The van der Waals surface area contributed by atoms with E-state index in [0.29, 0.717) is 13.2 Å². The number of hydrogen-bond acceptors (Lipinski definition) is 4. The van der Waals surface area contributed by atoms with Crippen LogP contribution in [0.5, 0.6) is 0 Å². The molecular formula is C13H21NO3. The predicted octanol–water partition coefficient (Wildman–Crippen LogP) is 1.50. The fraction of sp³-hybridized carbons (Fsp3) is 0.538. The van der Waals surface area contributed by atoms with E-state index in [0.717, 1.165) is 25.4 Å². The monoisotopic (exact) mass is 239 g/mol. The van der Waals surface area contributed by atoms with Gasteiger partial charge >= 0.3 is 0 Å². The summed E-state index contributed by atoms with van der Waals surface area (Å²) in [5.41, 5.74) is 1.15. The van der Waals surface area contributed by atoms with Crippen LogP contribution < -0.4 is 4.90 Å². The molecule has 17 heavy (non-hydrogen) atoms. The lowest BCUT2D eigenvalue weighted by Crippen LogP contribution is -2.31. The Hall–Kier alpha value is -1.10. The van der Waals surface area contributed by atoms with E-state index in [-0.39, 0.29) is 6.79 Å². The highest BCUT2D eigenvalue weighted by molar-refractivity contribution is 5.45. The summed E-state index contributed by atoms with van der Waals surface area (Å²) in [4.78, 5) is 2.19. The van der Waals surface area contributed by atoms with E-state index in [9.17, 15) is 0 Å². The summed E-state index contributed by atoms with van der Waals surface area (Å²) in [7, 11) is 0. The van der Waals surface area contributed by atoms with Crippen molar-refractivity contribution in [2.75, 3.05) is 44.6 Å². The molecule has 0 atom stereocenters. The van der Waals surface area contributed by atoms with Gasteiger partial charge in [-0.1, -0.05) is 18.2 Å². The minimum Gasteiger partial charge on any atom is -0.380 e. The van der Waals surface area contributed by atoms with E-state index in [1.165, 1.54) is 0 Å². The normalized spacial score (nSPS) is 10.5. The number of rotatable bonds is 9. The number of anilines is 1. The molecule has 0 aliphatic heterocycles. The standard InChI is InChI=1S/C13H21NO3/c1-2-16-10-8-14(9-11-17-12-15)13-6-4-3-5-7-13/h3-7,15H,2,8-12H2,1H3. The van der Waals surface area contributed by atoms with Gasteiger partial charge in [0.2, 0.25) is 0 Å². The number of aliphatic hydroxyl groups excluding tert-OH is 1. The first-order chi connectivity index (χ1) is 8.38. The molecule has 1 rings (SSSR count). The molecule has 0 fully saturated rings. The van der Waals surface area contributed by atoms with Gasteiger partial charge in [0, 0.05) is 25.4 Å². The van der Waals surface area contributed by atoms with E-state index in [2.05, 4.69) is 17.0 Å². The predicted molar refractivity (Wildman–Crippen MR) is 68.2 cm³/mol. The van der Waals surface area contributed by atoms with Gasteiger partial charge in [0.1, 0.15) is 6.79 Å². The molecule has 96 valence electrons. The average Bonchev–Trinajstić information content (AvgIpc) is 2.38. The van der Waals surface area contributed by atoms with Gasteiger partial charge in [-0.2, -0.15) is 0 Å². The molecule has 0 unspecified atom stereocenters. The highest BCUT2D eigenvalue weighted by Gasteiger charge is 2.05. The maximum absolute atomic E-state index is 8.60. The van der Waals surface area contributed by atoms with Crippen LogP contribution in [-0.4, -0.2) is 44.8 Å². The van der Waals surface area contributed by atoms with Crippen molar-refractivity contribution < 1.29 is 14.6 Å². The van der Waals surface area contributed by atoms with Crippen LogP contribution in [0.3, 0.4) is 0 Å². The van der Waals surface area contributed by atoms with Gasteiger partial charge in [0.25, 0.3) is 0 Å². The maximum Gasteiger partial charge on any atom is 0.143 e. The van der Waals surface area contributed by atoms with E-state index in [1.807, 2.05) is 25.1 Å². The quantitative estimate of drug-likeness (QED) is 0.524. The summed E-state index contributed by atoms with van der Waals surface area (Å²) < 4.78 is 10.3. The second-order valence-electron chi connectivity index (χ2n) is 3.56. The first kappa shape index (κ1) is 14.0. The van der Waals surface area contributed by atoms with Gasteiger partial charge in [-0.05, 0) is 19.1 Å².